The summed E-state index contributed by atoms with van der Waals surface area (Å²) in [6.45, 7) is 0. The first-order chi connectivity index (χ1) is 5.59. The lowest BCUT2D eigenvalue weighted by Gasteiger charge is -1.94. The van der Waals surface area contributed by atoms with Gasteiger partial charge < -0.3 is 10.3 Å². The Kier molecular flexibility index (Phi) is 2.09. The summed E-state index contributed by atoms with van der Waals surface area (Å²) in [6.07, 6.45) is 2.94. The van der Waals surface area contributed by atoms with Gasteiger partial charge in [0, 0.05) is 13.2 Å². The van der Waals surface area contributed by atoms with Crippen molar-refractivity contribution >= 4 is 11.9 Å². The highest BCUT2D eigenvalue weighted by atomic mass is 16.2. The van der Waals surface area contributed by atoms with Crippen LogP contribution in [-0.4, -0.2) is 21.5 Å². The Balaban J connectivity index is 2.72. The van der Waals surface area contributed by atoms with Crippen molar-refractivity contribution in [3.05, 3.63) is 18.2 Å². The van der Waals surface area contributed by atoms with E-state index < -0.39 is 11.9 Å². The van der Waals surface area contributed by atoms with Gasteiger partial charge in [-0.25, -0.2) is 9.78 Å². The number of carbonyl (C=O) groups is 2. The van der Waals surface area contributed by atoms with Gasteiger partial charge in [-0.15, -0.1) is 0 Å². The Morgan fingerprint density at radius 3 is 2.75 bits per heavy atom. The number of nitrogens with one attached hydrogen (secondary N) is 1. The molecule has 0 atom stereocenters. The van der Waals surface area contributed by atoms with E-state index in [1.807, 2.05) is 5.32 Å². The number of hydrogen-bond donors (Lipinski definition) is 2. The van der Waals surface area contributed by atoms with E-state index in [1.54, 1.807) is 11.6 Å². The first-order valence-corrected chi connectivity index (χ1v) is 3.18. The zero-order chi connectivity index (χ0) is 9.14. The number of hydrogen-bond acceptors (Lipinski definition) is 3. The van der Waals surface area contributed by atoms with Crippen LogP contribution < -0.4 is 11.1 Å². The molecule has 64 valence electrons. The summed E-state index contributed by atoms with van der Waals surface area (Å²) in [5, 5.41) is 1.90. The summed E-state index contributed by atoms with van der Waals surface area (Å²) in [4.78, 5) is 24.9. The average Bonchev–Trinajstić information content (AvgIpc) is 2.34. The number of urea groups is 1. The van der Waals surface area contributed by atoms with E-state index in [1.165, 1.54) is 12.5 Å². The molecule has 0 fully saturated rings. The molecule has 6 heteroatoms. The minimum Gasteiger partial charge on any atom is -0.351 e. The number of primary amides is 1. The van der Waals surface area contributed by atoms with Crippen LogP contribution in [0.5, 0.6) is 0 Å². The van der Waals surface area contributed by atoms with Crippen LogP contribution in [0.2, 0.25) is 0 Å². The molecule has 0 aromatic carbocycles. The highest BCUT2D eigenvalue weighted by Gasteiger charge is 2.09. The predicted octanol–water partition coefficient (Wildman–Crippen LogP) is -0.771. The zero-order valence-electron chi connectivity index (χ0n) is 6.44. The number of imide groups is 1. The molecule has 3 amide bonds. The summed E-state index contributed by atoms with van der Waals surface area (Å²) in [5.41, 5.74) is 4.90. The standard InChI is InChI=1S/C6H8N4O2/c1-10-2-4(8-3-10)5(11)9-6(7)12/h2-3H,1H3,(H3,7,9,11,12). The molecule has 12 heavy (non-hydrogen) atoms. The van der Waals surface area contributed by atoms with Crippen LogP contribution in [0.4, 0.5) is 4.79 Å². The molecular formula is C6H8N4O2. The molecular weight excluding hydrogens is 160 g/mol. The lowest BCUT2D eigenvalue weighted by molar-refractivity contribution is 0.0961. The molecule has 1 rings (SSSR count). The fourth-order valence-electron chi connectivity index (χ4n) is 0.706. The highest BCUT2D eigenvalue weighted by Crippen LogP contribution is 1.92. The minimum absolute atomic E-state index is 0.163. The second-order valence-corrected chi connectivity index (χ2v) is 2.24. The van der Waals surface area contributed by atoms with Crippen LogP contribution in [0.25, 0.3) is 0 Å². The smallest absolute Gasteiger partial charge is 0.319 e. The van der Waals surface area contributed by atoms with Gasteiger partial charge in [0.15, 0.2) is 0 Å². The van der Waals surface area contributed by atoms with Crippen molar-refractivity contribution in [2.75, 3.05) is 0 Å². The first kappa shape index (κ1) is 8.25. The maximum absolute atomic E-state index is 11.0. The summed E-state index contributed by atoms with van der Waals surface area (Å²) in [7, 11) is 1.72. The summed E-state index contributed by atoms with van der Waals surface area (Å²) >= 11 is 0. The van der Waals surface area contributed by atoms with E-state index in [9.17, 15) is 9.59 Å². The van der Waals surface area contributed by atoms with E-state index in [4.69, 9.17) is 5.73 Å². The van der Waals surface area contributed by atoms with Gasteiger partial charge in [0.1, 0.15) is 5.69 Å². The van der Waals surface area contributed by atoms with Crippen molar-refractivity contribution in [2.24, 2.45) is 12.8 Å². The molecule has 0 saturated carbocycles. The van der Waals surface area contributed by atoms with Gasteiger partial charge in [-0.05, 0) is 0 Å². The lowest BCUT2D eigenvalue weighted by atomic mass is 10.4. The van der Waals surface area contributed by atoms with E-state index in [-0.39, 0.29) is 5.69 Å². The van der Waals surface area contributed by atoms with Gasteiger partial charge in [-0.3, -0.25) is 10.1 Å². The van der Waals surface area contributed by atoms with Gasteiger partial charge in [-0.1, -0.05) is 0 Å². The fourth-order valence-corrected chi connectivity index (χ4v) is 0.706. The number of imidazole rings is 1. The van der Waals surface area contributed by atoms with Gasteiger partial charge >= 0.3 is 6.03 Å². The van der Waals surface area contributed by atoms with Gasteiger partial charge in [0.2, 0.25) is 0 Å². The van der Waals surface area contributed by atoms with Crippen LogP contribution in [-0.2, 0) is 7.05 Å². The number of nitrogens with zero attached hydrogens (tertiary/aromatic N) is 2. The number of aryl methyl sites for hydroxylation is 1. The quantitative estimate of drug-likeness (QED) is 0.576. The monoisotopic (exact) mass is 168 g/mol. The number of aromatic nitrogens is 2. The number of carbonyl (C=O) groups excluding carboxylic acids is 2. The molecule has 1 aromatic heterocycles. The Morgan fingerprint density at radius 1 is 1.67 bits per heavy atom. The van der Waals surface area contributed by atoms with Gasteiger partial charge in [0.05, 0.1) is 6.33 Å². The van der Waals surface area contributed by atoms with Gasteiger partial charge in [-0.2, -0.15) is 0 Å². The molecule has 0 unspecified atom stereocenters. The van der Waals surface area contributed by atoms with Crippen LogP contribution >= 0.6 is 0 Å². The van der Waals surface area contributed by atoms with Crippen molar-refractivity contribution in [2.45, 2.75) is 0 Å². The van der Waals surface area contributed by atoms with Crippen LogP contribution in [0.3, 0.4) is 0 Å². The van der Waals surface area contributed by atoms with E-state index in [0.717, 1.165) is 0 Å². The molecule has 0 bridgehead atoms. The number of nitrogens with two attached hydrogens (primary N) is 1. The number of amides is 3. The molecule has 6 nitrogen and oxygen atoms in total. The summed E-state index contributed by atoms with van der Waals surface area (Å²) in [5.74, 6) is -0.594. The molecule has 1 aromatic rings. The maximum Gasteiger partial charge on any atom is 0.319 e. The molecule has 0 spiro atoms. The van der Waals surface area contributed by atoms with Gasteiger partial charge in [0.25, 0.3) is 5.91 Å². The van der Waals surface area contributed by atoms with E-state index >= 15 is 0 Å². The van der Waals surface area contributed by atoms with Crippen LogP contribution in [0.15, 0.2) is 12.5 Å². The second kappa shape index (κ2) is 3.04. The largest absolute Gasteiger partial charge is 0.351 e. The topological polar surface area (TPSA) is 90.0 Å². The van der Waals surface area contributed by atoms with Crippen molar-refractivity contribution in [3.8, 4) is 0 Å². The predicted molar refractivity (Wildman–Crippen MR) is 40.3 cm³/mol. The highest BCUT2D eigenvalue weighted by molar-refractivity contribution is 6.02. The Morgan fingerprint density at radius 2 is 2.33 bits per heavy atom. The lowest BCUT2D eigenvalue weighted by Crippen LogP contribution is -2.35. The summed E-state index contributed by atoms with van der Waals surface area (Å²) < 4.78 is 1.59. The Hall–Kier alpha value is -1.85. The Bertz CT molecular complexity index is 317. The second-order valence-electron chi connectivity index (χ2n) is 2.24. The molecule has 3 N–H and O–H groups in total. The van der Waals surface area contributed by atoms with E-state index in [0.29, 0.717) is 0 Å². The molecule has 0 aliphatic rings. The third-order valence-corrected chi connectivity index (χ3v) is 1.17. The van der Waals surface area contributed by atoms with Crippen LogP contribution in [0, 0.1) is 0 Å². The Labute approximate surface area is 68.4 Å². The van der Waals surface area contributed by atoms with E-state index in [2.05, 4.69) is 4.98 Å². The van der Waals surface area contributed by atoms with Crippen molar-refractivity contribution in [3.63, 3.8) is 0 Å². The average molecular weight is 168 g/mol. The molecule has 0 saturated heterocycles. The minimum atomic E-state index is -0.884. The SMILES string of the molecule is Cn1cnc(C(=O)NC(N)=O)c1. The normalized spacial score (nSPS) is 9.42. The molecule has 0 aliphatic heterocycles. The third kappa shape index (κ3) is 1.82. The zero-order valence-corrected chi connectivity index (χ0v) is 6.44. The van der Waals surface area contributed by atoms with Crippen LogP contribution in [0.1, 0.15) is 10.5 Å². The van der Waals surface area contributed by atoms with Crippen molar-refractivity contribution < 1.29 is 9.59 Å². The first-order valence-electron chi connectivity index (χ1n) is 3.18. The molecule has 0 radical (unpaired) electrons. The summed E-state index contributed by atoms with van der Waals surface area (Å²) in [6, 6.07) is -0.884. The third-order valence-electron chi connectivity index (χ3n) is 1.17. The maximum atomic E-state index is 11.0. The van der Waals surface area contributed by atoms with Crippen molar-refractivity contribution in [1.82, 2.24) is 14.9 Å². The molecule has 0 aliphatic carbocycles. The van der Waals surface area contributed by atoms with Crippen molar-refractivity contribution in [1.29, 1.82) is 0 Å². The fraction of sp³-hybridized carbons (Fsp3) is 0.167. The number of rotatable bonds is 1. The molecule has 1 heterocycles.